The lowest BCUT2D eigenvalue weighted by Crippen LogP contribution is -2.55. The quantitative estimate of drug-likeness (QED) is 0.688. The first-order valence-corrected chi connectivity index (χ1v) is 11.2. The van der Waals surface area contributed by atoms with Crippen molar-refractivity contribution in [1.82, 2.24) is 9.80 Å². The number of rotatable bonds is 6. The van der Waals surface area contributed by atoms with Gasteiger partial charge in [-0.2, -0.15) is 0 Å². The second-order valence-electron chi connectivity index (χ2n) is 8.19. The molecule has 2 aliphatic rings. The van der Waals surface area contributed by atoms with Crippen molar-refractivity contribution in [2.45, 2.75) is 25.4 Å². The molecule has 162 valence electrons. The van der Waals surface area contributed by atoms with Gasteiger partial charge in [0.2, 0.25) is 0 Å². The van der Waals surface area contributed by atoms with Crippen molar-refractivity contribution in [2.75, 3.05) is 58.4 Å². The van der Waals surface area contributed by atoms with E-state index in [1.807, 2.05) is 24.3 Å². The van der Waals surface area contributed by atoms with Crippen LogP contribution in [0.15, 0.2) is 42.5 Å². The zero-order valence-corrected chi connectivity index (χ0v) is 18.8. The minimum Gasteiger partial charge on any atom is -0.493 e. The molecule has 2 aromatic carbocycles. The van der Waals surface area contributed by atoms with E-state index in [0.717, 1.165) is 62.3 Å². The molecular weight excluding hydrogens is 398 g/mol. The highest BCUT2D eigenvalue weighted by atomic mass is 35.5. The Hall–Kier alpha value is -1.95. The van der Waals surface area contributed by atoms with Crippen LogP contribution in [0.25, 0.3) is 0 Å². The van der Waals surface area contributed by atoms with Gasteiger partial charge in [0.25, 0.3) is 0 Å². The average molecular weight is 430 g/mol. The Balaban J connectivity index is 1.35. The van der Waals surface area contributed by atoms with E-state index in [-0.39, 0.29) is 0 Å². The third-order valence-electron chi connectivity index (χ3n) is 6.36. The van der Waals surface area contributed by atoms with Gasteiger partial charge in [0.05, 0.1) is 14.2 Å². The highest BCUT2D eigenvalue weighted by Crippen LogP contribution is 2.32. The van der Waals surface area contributed by atoms with Gasteiger partial charge in [-0.15, -0.1) is 0 Å². The number of para-hydroxylation sites is 1. The smallest absolute Gasteiger partial charge is 0.165 e. The highest BCUT2D eigenvalue weighted by Gasteiger charge is 2.28. The SMILES string of the molecule is COc1cccc(CN2CCCC(N3CCN(c4cccc(Cl)c4)CC3)C2)c1OC. The van der Waals surface area contributed by atoms with E-state index in [1.165, 1.54) is 24.1 Å². The fourth-order valence-corrected chi connectivity index (χ4v) is 4.99. The Morgan fingerprint density at radius 3 is 2.50 bits per heavy atom. The first-order chi connectivity index (χ1) is 14.7. The fraction of sp³-hybridized carbons (Fsp3) is 0.500. The van der Waals surface area contributed by atoms with Gasteiger partial charge in [0, 0.05) is 61.6 Å². The number of halogens is 1. The van der Waals surface area contributed by atoms with Gasteiger partial charge in [-0.3, -0.25) is 9.80 Å². The van der Waals surface area contributed by atoms with Crippen LogP contribution >= 0.6 is 11.6 Å². The van der Waals surface area contributed by atoms with Gasteiger partial charge in [0.15, 0.2) is 11.5 Å². The molecule has 6 heteroatoms. The minimum absolute atomic E-state index is 0.622. The maximum absolute atomic E-state index is 6.18. The maximum Gasteiger partial charge on any atom is 0.165 e. The third kappa shape index (κ3) is 4.85. The summed E-state index contributed by atoms with van der Waals surface area (Å²) in [6.07, 6.45) is 2.52. The van der Waals surface area contributed by atoms with Gasteiger partial charge in [0.1, 0.15) is 0 Å². The van der Waals surface area contributed by atoms with Crippen molar-refractivity contribution in [3.8, 4) is 11.5 Å². The summed E-state index contributed by atoms with van der Waals surface area (Å²) in [6.45, 7) is 7.47. The molecule has 0 saturated carbocycles. The zero-order valence-electron chi connectivity index (χ0n) is 18.0. The Labute approximate surface area is 185 Å². The van der Waals surface area contributed by atoms with Crippen molar-refractivity contribution in [1.29, 1.82) is 0 Å². The van der Waals surface area contributed by atoms with Gasteiger partial charge in [-0.1, -0.05) is 29.8 Å². The lowest BCUT2D eigenvalue weighted by Gasteiger charge is -2.44. The molecule has 2 aliphatic heterocycles. The summed E-state index contributed by atoms with van der Waals surface area (Å²) in [7, 11) is 3.42. The Bertz CT molecular complexity index is 839. The summed E-state index contributed by atoms with van der Waals surface area (Å²) >= 11 is 6.18. The number of ether oxygens (including phenoxy) is 2. The molecule has 0 bridgehead atoms. The second kappa shape index (κ2) is 9.90. The fourth-order valence-electron chi connectivity index (χ4n) is 4.81. The van der Waals surface area contributed by atoms with Crippen LogP contribution in [0.2, 0.25) is 5.02 Å². The Morgan fingerprint density at radius 1 is 0.967 bits per heavy atom. The molecular formula is C24H32ClN3O2. The van der Waals surface area contributed by atoms with Crippen LogP contribution in [0.5, 0.6) is 11.5 Å². The van der Waals surface area contributed by atoms with Crippen LogP contribution in [0.3, 0.4) is 0 Å². The predicted octanol–water partition coefficient (Wildman–Crippen LogP) is 4.14. The molecule has 2 saturated heterocycles. The van der Waals surface area contributed by atoms with Gasteiger partial charge in [-0.05, 0) is 43.7 Å². The number of piperazine rings is 1. The van der Waals surface area contributed by atoms with Crippen molar-refractivity contribution < 1.29 is 9.47 Å². The van der Waals surface area contributed by atoms with Gasteiger partial charge >= 0.3 is 0 Å². The lowest BCUT2D eigenvalue weighted by molar-refractivity contribution is 0.0882. The van der Waals surface area contributed by atoms with E-state index in [2.05, 4.69) is 32.9 Å². The van der Waals surface area contributed by atoms with Crippen molar-refractivity contribution in [2.24, 2.45) is 0 Å². The summed E-state index contributed by atoms with van der Waals surface area (Å²) < 4.78 is 11.1. The molecule has 2 fully saturated rings. The Morgan fingerprint density at radius 2 is 1.77 bits per heavy atom. The van der Waals surface area contributed by atoms with E-state index in [1.54, 1.807) is 14.2 Å². The first kappa shape index (κ1) is 21.3. The van der Waals surface area contributed by atoms with Crippen LogP contribution in [0.4, 0.5) is 5.69 Å². The van der Waals surface area contributed by atoms with Crippen LogP contribution in [0, 0.1) is 0 Å². The molecule has 0 spiro atoms. The molecule has 0 aromatic heterocycles. The molecule has 30 heavy (non-hydrogen) atoms. The van der Waals surface area contributed by atoms with E-state index in [0.29, 0.717) is 6.04 Å². The molecule has 1 atom stereocenters. The summed E-state index contributed by atoms with van der Waals surface area (Å²) in [5.74, 6) is 1.66. The summed E-state index contributed by atoms with van der Waals surface area (Å²) in [5, 5.41) is 0.811. The average Bonchev–Trinajstić information content (AvgIpc) is 2.79. The molecule has 0 aliphatic carbocycles. The number of benzene rings is 2. The van der Waals surface area contributed by atoms with E-state index in [4.69, 9.17) is 21.1 Å². The highest BCUT2D eigenvalue weighted by molar-refractivity contribution is 6.30. The molecule has 4 rings (SSSR count). The van der Waals surface area contributed by atoms with Crippen LogP contribution in [-0.4, -0.2) is 69.3 Å². The Kier molecular flexibility index (Phi) is 7.03. The van der Waals surface area contributed by atoms with Gasteiger partial charge < -0.3 is 14.4 Å². The van der Waals surface area contributed by atoms with E-state index in [9.17, 15) is 0 Å². The summed E-state index contributed by atoms with van der Waals surface area (Å²) in [6, 6.07) is 15.0. The minimum atomic E-state index is 0.622. The molecule has 2 aromatic rings. The first-order valence-electron chi connectivity index (χ1n) is 10.8. The van der Waals surface area contributed by atoms with E-state index >= 15 is 0 Å². The molecule has 0 N–H and O–H groups in total. The predicted molar refractivity (Wildman–Crippen MR) is 123 cm³/mol. The maximum atomic E-state index is 6.18. The molecule has 2 heterocycles. The van der Waals surface area contributed by atoms with Crippen LogP contribution < -0.4 is 14.4 Å². The van der Waals surface area contributed by atoms with Crippen LogP contribution in [-0.2, 0) is 6.54 Å². The third-order valence-corrected chi connectivity index (χ3v) is 6.60. The summed E-state index contributed by atoms with van der Waals surface area (Å²) in [5.41, 5.74) is 2.43. The lowest BCUT2D eigenvalue weighted by atomic mass is 10.0. The van der Waals surface area contributed by atoms with Gasteiger partial charge in [-0.25, -0.2) is 0 Å². The largest absolute Gasteiger partial charge is 0.493 e. The topological polar surface area (TPSA) is 28.2 Å². The number of piperidine rings is 1. The number of nitrogens with zero attached hydrogens (tertiary/aromatic N) is 3. The number of likely N-dealkylation sites (tertiary alicyclic amines) is 1. The number of hydrogen-bond donors (Lipinski definition) is 0. The number of anilines is 1. The molecule has 0 amide bonds. The standard InChI is InChI=1S/C24H32ClN3O2/c1-29-23-10-3-6-19(24(23)30-2)17-26-11-5-9-22(18-26)28-14-12-27(13-15-28)21-8-4-7-20(25)16-21/h3-4,6-8,10,16,22H,5,9,11-15,17-18H2,1-2H3. The molecule has 1 unspecified atom stereocenters. The van der Waals surface area contributed by atoms with Crippen molar-refractivity contribution >= 4 is 17.3 Å². The second-order valence-corrected chi connectivity index (χ2v) is 8.62. The van der Waals surface area contributed by atoms with Crippen molar-refractivity contribution in [3.63, 3.8) is 0 Å². The van der Waals surface area contributed by atoms with E-state index < -0.39 is 0 Å². The zero-order chi connectivity index (χ0) is 20.9. The normalized spacial score (nSPS) is 20.9. The number of methoxy groups -OCH3 is 2. The van der Waals surface area contributed by atoms with Crippen molar-refractivity contribution in [3.05, 3.63) is 53.1 Å². The van der Waals surface area contributed by atoms with Crippen LogP contribution in [0.1, 0.15) is 18.4 Å². The summed E-state index contributed by atoms with van der Waals surface area (Å²) in [4.78, 5) is 7.69. The monoisotopic (exact) mass is 429 g/mol. The molecule has 5 nitrogen and oxygen atoms in total. The molecule has 0 radical (unpaired) electrons. The number of hydrogen-bond acceptors (Lipinski definition) is 5.